The molecule has 0 radical (unpaired) electrons. The molecule has 2 atom stereocenters. The second-order valence-electron chi connectivity index (χ2n) is 6.17. The van der Waals surface area contributed by atoms with Crippen LogP contribution in [0, 0.1) is 5.92 Å². The molecule has 2 unspecified atom stereocenters. The van der Waals surface area contributed by atoms with E-state index >= 15 is 0 Å². The molecule has 1 aromatic carbocycles. The van der Waals surface area contributed by atoms with Gasteiger partial charge >= 0.3 is 0 Å². The number of aliphatic hydroxyl groups is 1. The lowest BCUT2D eigenvalue weighted by atomic mass is 9.89. The van der Waals surface area contributed by atoms with E-state index in [1.54, 1.807) is 0 Å². The summed E-state index contributed by atoms with van der Waals surface area (Å²) in [4.78, 5) is 3.25. The van der Waals surface area contributed by atoms with Crippen LogP contribution in [0.25, 0.3) is 10.9 Å². The monoisotopic (exact) mass is 288 g/mol. The molecule has 2 aromatic rings. The Balaban J connectivity index is 1.90. The molecule has 0 spiro atoms. The highest BCUT2D eigenvalue weighted by molar-refractivity contribution is 5.85. The fourth-order valence-electron chi connectivity index (χ4n) is 3.11. The van der Waals surface area contributed by atoms with Gasteiger partial charge in [0.2, 0.25) is 0 Å². The van der Waals surface area contributed by atoms with Crippen LogP contribution in [0.2, 0.25) is 0 Å². The summed E-state index contributed by atoms with van der Waals surface area (Å²) in [7, 11) is 0. The van der Waals surface area contributed by atoms with Crippen LogP contribution in [-0.2, 0) is 0 Å². The topological polar surface area (TPSA) is 57.3 Å². The minimum atomic E-state index is -0.430. The lowest BCUT2D eigenvalue weighted by molar-refractivity contribution is 0.0934. The van der Waals surface area contributed by atoms with Crippen LogP contribution in [0.15, 0.2) is 24.4 Å². The molecule has 1 aromatic heterocycles. The lowest BCUT2D eigenvalue weighted by Gasteiger charge is -2.27. The average molecular weight is 288 g/mol. The molecule has 0 saturated carbocycles. The van der Waals surface area contributed by atoms with Crippen molar-refractivity contribution in [3.63, 3.8) is 0 Å². The minimum absolute atomic E-state index is 0.150. The SMILES string of the molecule is CC(C)Oc1ccc2[nH]cc(C(O)C3CCCNC3)c2c1. The average Bonchev–Trinajstić information content (AvgIpc) is 2.90. The smallest absolute Gasteiger partial charge is 0.120 e. The number of benzene rings is 1. The number of aromatic amines is 1. The number of aliphatic hydroxyl groups excluding tert-OH is 1. The van der Waals surface area contributed by atoms with E-state index in [1.165, 1.54) is 0 Å². The quantitative estimate of drug-likeness (QED) is 0.810. The Morgan fingerprint density at radius 3 is 2.90 bits per heavy atom. The van der Waals surface area contributed by atoms with Gasteiger partial charge in [-0.15, -0.1) is 0 Å². The van der Waals surface area contributed by atoms with Crippen molar-refractivity contribution in [1.82, 2.24) is 10.3 Å². The zero-order valence-corrected chi connectivity index (χ0v) is 12.7. The first-order valence-electron chi connectivity index (χ1n) is 7.81. The number of aromatic nitrogens is 1. The highest BCUT2D eigenvalue weighted by atomic mass is 16.5. The third-order valence-corrected chi connectivity index (χ3v) is 4.16. The van der Waals surface area contributed by atoms with Gasteiger partial charge in [0, 0.05) is 35.1 Å². The standard InChI is InChI=1S/C17H24N2O2/c1-11(2)21-13-5-6-16-14(8-13)15(10-19-16)17(20)12-4-3-7-18-9-12/h5-6,8,10-12,17-20H,3-4,7,9H2,1-2H3. The normalized spacial score (nSPS) is 20.9. The minimum Gasteiger partial charge on any atom is -0.491 e. The van der Waals surface area contributed by atoms with Crippen molar-refractivity contribution < 1.29 is 9.84 Å². The summed E-state index contributed by atoms with van der Waals surface area (Å²) in [6.07, 6.45) is 3.86. The molecule has 1 fully saturated rings. The van der Waals surface area contributed by atoms with Gasteiger partial charge < -0.3 is 20.1 Å². The summed E-state index contributed by atoms with van der Waals surface area (Å²) in [5.74, 6) is 1.14. The fraction of sp³-hybridized carbons (Fsp3) is 0.529. The number of hydrogen-bond donors (Lipinski definition) is 3. The molecule has 4 nitrogen and oxygen atoms in total. The lowest BCUT2D eigenvalue weighted by Crippen LogP contribution is -2.33. The summed E-state index contributed by atoms with van der Waals surface area (Å²) >= 11 is 0. The predicted octanol–water partition coefficient (Wildman–Crippen LogP) is 2.99. The zero-order chi connectivity index (χ0) is 14.8. The molecular weight excluding hydrogens is 264 g/mol. The van der Waals surface area contributed by atoms with Crippen molar-refractivity contribution in [2.75, 3.05) is 13.1 Å². The fourth-order valence-corrected chi connectivity index (χ4v) is 3.11. The van der Waals surface area contributed by atoms with Gasteiger partial charge in [0.15, 0.2) is 0 Å². The molecule has 0 bridgehead atoms. The summed E-state index contributed by atoms with van der Waals surface area (Å²) in [6, 6.07) is 6.01. The van der Waals surface area contributed by atoms with Crippen LogP contribution in [0.1, 0.15) is 38.4 Å². The van der Waals surface area contributed by atoms with Gasteiger partial charge in [0.1, 0.15) is 5.75 Å². The molecule has 1 aliphatic rings. The largest absolute Gasteiger partial charge is 0.491 e. The van der Waals surface area contributed by atoms with Crippen LogP contribution in [0.5, 0.6) is 5.75 Å². The number of piperidine rings is 1. The van der Waals surface area contributed by atoms with Crippen molar-refractivity contribution in [1.29, 1.82) is 0 Å². The van der Waals surface area contributed by atoms with Crippen LogP contribution < -0.4 is 10.1 Å². The van der Waals surface area contributed by atoms with E-state index in [0.717, 1.165) is 48.1 Å². The van der Waals surface area contributed by atoms with E-state index < -0.39 is 6.10 Å². The molecule has 1 aliphatic heterocycles. The first-order valence-corrected chi connectivity index (χ1v) is 7.81. The number of hydrogen-bond acceptors (Lipinski definition) is 3. The molecule has 0 aliphatic carbocycles. The molecular formula is C17H24N2O2. The Bertz CT molecular complexity index is 600. The first-order chi connectivity index (χ1) is 10.1. The number of rotatable bonds is 4. The van der Waals surface area contributed by atoms with E-state index in [2.05, 4.69) is 10.3 Å². The first kappa shape index (κ1) is 14.4. The van der Waals surface area contributed by atoms with Crippen LogP contribution in [0.4, 0.5) is 0 Å². The molecule has 3 rings (SSSR count). The van der Waals surface area contributed by atoms with E-state index in [4.69, 9.17) is 4.74 Å². The second-order valence-corrected chi connectivity index (χ2v) is 6.17. The third-order valence-electron chi connectivity index (χ3n) is 4.16. The highest BCUT2D eigenvalue weighted by Crippen LogP contribution is 2.33. The third kappa shape index (κ3) is 3.06. The molecule has 1 saturated heterocycles. The highest BCUT2D eigenvalue weighted by Gasteiger charge is 2.25. The van der Waals surface area contributed by atoms with Crippen molar-refractivity contribution in [2.24, 2.45) is 5.92 Å². The number of fused-ring (bicyclic) bond motifs is 1. The van der Waals surface area contributed by atoms with E-state index in [9.17, 15) is 5.11 Å². The Morgan fingerprint density at radius 1 is 1.33 bits per heavy atom. The van der Waals surface area contributed by atoms with Gasteiger partial charge in [-0.1, -0.05) is 0 Å². The number of ether oxygens (including phenoxy) is 1. The molecule has 0 amide bonds. The van der Waals surface area contributed by atoms with Crippen LogP contribution in [-0.4, -0.2) is 29.3 Å². The molecule has 114 valence electrons. The van der Waals surface area contributed by atoms with Gasteiger partial charge in [-0.05, 0) is 51.4 Å². The van der Waals surface area contributed by atoms with Crippen molar-refractivity contribution in [2.45, 2.75) is 38.9 Å². The number of H-pyrrole nitrogens is 1. The predicted molar refractivity (Wildman–Crippen MR) is 84.6 cm³/mol. The van der Waals surface area contributed by atoms with Crippen molar-refractivity contribution in [3.8, 4) is 5.75 Å². The van der Waals surface area contributed by atoms with Gasteiger partial charge in [-0.3, -0.25) is 0 Å². The van der Waals surface area contributed by atoms with Crippen LogP contribution >= 0.6 is 0 Å². The Kier molecular flexibility index (Phi) is 4.17. The Labute approximate surface area is 125 Å². The molecule has 3 N–H and O–H groups in total. The summed E-state index contributed by atoms with van der Waals surface area (Å²) < 4.78 is 5.76. The summed E-state index contributed by atoms with van der Waals surface area (Å²) in [5, 5.41) is 15.1. The zero-order valence-electron chi connectivity index (χ0n) is 12.7. The molecule has 2 heterocycles. The van der Waals surface area contributed by atoms with Crippen LogP contribution in [0.3, 0.4) is 0 Å². The van der Waals surface area contributed by atoms with E-state index in [-0.39, 0.29) is 12.0 Å². The summed E-state index contributed by atoms with van der Waals surface area (Å²) in [5.41, 5.74) is 2.02. The molecule has 4 heteroatoms. The second kappa shape index (κ2) is 6.08. The summed E-state index contributed by atoms with van der Waals surface area (Å²) in [6.45, 7) is 5.98. The maximum Gasteiger partial charge on any atom is 0.120 e. The molecule has 21 heavy (non-hydrogen) atoms. The van der Waals surface area contributed by atoms with Gasteiger partial charge in [0.05, 0.1) is 12.2 Å². The van der Waals surface area contributed by atoms with Crippen molar-refractivity contribution >= 4 is 10.9 Å². The Hall–Kier alpha value is -1.52. The number of nitrogens with one attached hydrogen (secondary N) is 2. The maximum atomic E-state index is 10.7. The van der Waals surface area contributed by atoms with E-state index in [0.29, 0.717) is 0 Å². The van der Waals surface area contributed by atoms with Gasteiger partial charge in [-0.25, -0.2) is 0 Å². The van der Waals surface area contributed by atoms with Gasteiger partial charge in [-0.2, -0.15) is 0 Å². The Morgan fingerprint density at radius 2 is 2.19 bits per heavy atom. The maximum absolute atomic E-state index is 10.7. The van der Waals surface area contributed by atoms with E-state index in [1.807, 2.05) is 38.2 Å². The van der Waals surface area contributed by atoms with Gasteiger partial charge in [0.25, 0.3) is 0 Å². The van der Waals surface area contributed by atoms with Crippen molar-refractivity contribution in [3.05, 3.63) is 30.0 Å².